The highest BCUT2D eigenvalue weighted by Crippen LogP contribution is 2.21. The lowest BCUT2D eigenvalue weighted by Crippen LogP contribution is -2.14. The third-order valence-corrected chi connectivity index (χ3v) is 3.54. The smallest absolute Gasteiger partial charge is 0.230 e. The van der Waals surface area contributed by atoms with Crippen molar-refractivity contribution in [3.05, 3.63) is 71.4 Å². The zero-order valence-electron chi connectivity index (χ0n) is 13.2. The van der Waals surface area contributed by atoms with Gasteiger partial charge in [0.15, 0.2) is 5.76 Å². The van der Waals surface area contributed by atoms with E-state index in [0.717, 1.165) is 16.8 Å². The van der Waals surface area contributed by atoms with Crippen molar-refractivity contribution < 1.29 is 9.32 Å². The largest absolute Gasteiger partial charge is 0.356 e. The first-order valence-corrected chi connectivity index (χ1v) is 7.49. The second kappa shape index (κ2) is 6.48. The maximum absolute atomic E-state index is 12.1. The Bertz CT molecular complexity index is 819. The van der Waals surface area contributed by atoms with Crippen molar-refractivity contribution in [1.29, 1.82) is 0 Å². The number of benzene rings is 2. The maximum atomic E-state index is 12.1. The summed E-state index contributed by atoms with van der Waals surface area (Å²) in [7, 11) is 0. The van der Waals surface area contributed by atoms with Gasteiger partial charge in [0.1, 0.15) is 0 Å². The van der Waals surface area contributed by atoms with E-state index in [1.807, 2.05) is 62.4 Å². The van der Waals surface area contributed by atoms with Crippen molar-refractivity contribution in [3.8, 4) is 11.3 Å². The fourth-order valence-corrected chi connectivity index (χ4v) is 2.34. The van der Waals surface area contributed by atoms with Crippen molar-refractivity contribution in [2.75, 3.05) is 5.32 Å². The zero-order chi connectivity index (χ0) is 16.2. The van der Waals surface area contributed by atoms with Crippen LogP contribution in [-0.2, 0) is 11.2 Å². The molecule has 4 heteroatoms. The predicted molar refractivity (Wildman–Crippen MR) is 90.2 cm³/mol. The van der Waals surface area contributed by atoms with Crippen LogP contribution in [0.15, 0.2) is 59.1 Å². The molecule has 4 nitrogen and oxygen atoms in total. The quantitative estimate of drug-likeness (QED) is 0.788. The number of carbonyl (C=O) groups is 1. The lowest BCUT2D eigenvalue weighted by atomic mass is 10.1. The van der Waals surface area contributed by atoms with E-state index in [1.165, 1.54) is 5.56 Å². The number of amides is 1. The van der Waals surface area contributed by atoms with Gasteiger partial charge in [-0.1, -0.05) is 47.1 Å². The van der Waals surface area contributed by atoms with E-state index in [2.05, 4.69) is 10.5 Å². The van der Waals surface area contributed by atoms with Crippen molar-refractivity contribution >= 4 is 11.6 Å². The molecule has 0 aliphatic heterocycles. The third-order valence-electron chi connectivity index (χ3n) is 3.54. The molecule has 116 valence electrons. The van der Waals surface area contributed by atoms with Crippen LogP contribution in [0, 0.1) is 13.8 Å². The Hall–Kier alpha value is -2.88. The minimum Gasteiger partial charge on any atom is -0.356 e. The first-order valence-electron chi connectivity index (χ1n) is 7.49. The van der Waals surface area contributed by atoms with Gasteiger partial charge in [-0.15, -0.1) is 0 Å². The number of anilines is 1. The van der Waals surface area contributed by atoms with Gasteiger partial charge in [0, 0.05) is 17.3 Å². The summed E-state index contributed by atoms with van der Waals surface area (Å²) in [5, 5.41) is 6.85. The van der Waals surface area contributed by atoms with Crippen LogP contribution >= 0.6 is 0 Å². The van der Waals surface area contributed by atoms with Crippen LogP contribution in [0.2, 0.25) is 0 Å². The molecule has 0 aliphatic rings. The molecule has 1 heterocycles. The van der Waals surface area contributed by atoms with Gasteiger partial charge in [-0.25, -0.2) is 0 Å². The summed E-state index contributed by atoms with van der Waals surface area (Å²) in [5.41, 5.74) is 4.65. The van der Waals surface area contributed by atoms with Crippen molar-refractivity contribution in [2.45, 2.75) is 20.3 Å². The van der Waals surface area contributed by atoms with Crippen molar-refractivity contribution in [1.82, 2.24) is 5.16 Å². The van der Waals surface area contributed by atoms with Crippen LogP contribution in [0.25, 0.3) is 11.3 Å². The van der Waals surface area contributed by atoms with Gasteiger partial charge in [-0.05, 0) is 31.5 Å². The van der Waals surface area contributed by atoms with E-state index in [-0.39, 0.29) is 12.3 Å². The fourth-order valence-electron chi connectivity index (χ4n) is 2.34. The number of nitrogens with zero attached hydrogens (tertiary/aromatic N) is 1. The Morgan fingerprint density at radius 3 is 2.57 bits per heavy atom. The molecule has 1 amide bonds. The Balaban J connectivity index is 1.66. The lowest BCUT2D eigenvalue weighted by molar-refractivity contribution is -0.115. The SMILES string of the molecule is Cc1ccc(-c2cc(CC(=O)Nc3cccc(C)c3)no2)cc1. The molecule has 0 fully saturated rings. The molecule has 0 radical (unpaired) electrons. The number of aromatic nitrogens is 1. The second-order valence-corrected chi connectivity index (χ2v) is 5.64. The summed E-state index contributed by atoms with van der Waals surface area (Å²) in [4.78, 5) is 12.1. The molecule has 0 saturated carbocycles. The second-order valence-electron chi connectivity index (χ2n) is 5.64. The number of aryl methyl sites for hydroxylation is 2. The highest BCUT2D eigenvalue weighted by Gasteiger charge is 2.11. The van der Waals surface area contributed by atoms with Crippen molar-refractivity contribution in [3.63, 3.8) is 0 Å². The molecule has 0 atom stereocenters. The molecule has 0 saturated heterocycles. The van der Waals surface area contributed by atoms with E-state index < -0.39 is 0 Å². The highest BCUT2D eigenvalue weighted by molar-refractivity contribution is 5.92. The van der Waals surface area contributed by atoms with E-state index in [1.54, 1.807) is 6.07 Å². The molecule has 1 N–H and O–H groups in total. The fraction of sp³-hybridized carbons (Fsp3) is 0.158. The Morgan fingerprint density at radius 1 is 1.04 bits per heavy atom. The molecule has 0 spiro atoms. The average molecular weight is 306 g/mol. The molecule has 3 rings (SSSR count). The third kappa shape index (κ3) is 3.86. The van der Waals surface area contributed by atoms with E-state index >= 15 is 0 Å². The molecule has 1 aromatic heterocycles. The van der Waals surface area contributed by atoms with E-state index in [9.17, 15) is 4.79 Å². The van der Waals surface area contributed by atoms with Crippen LogP contribution in [0.5, 0.6) is 0 Å². The number of nitrogens with one attached hydrogen (secondary N) is 1. The van der Waals surface area contributed by atoms with Gasteiger partial charge >= 0.3 is 0 Å². The molecular formula is C19H18N2O2. The first kappa shape index (κ1) is 15.0. The molecule has 3 aromatic rings. The minimum atomic E-state index is -0.112. The topological polar surface area (TPSA) is 55.1 Å². The Morgan fingerprint density at radius 2 is 1.83 bits per heavy atom. The van der Waals surface area contributed by atoms with Gasteiger partial charge in [-0.2, -0.15) is 0 Å². The normalized spacial score (nSPS) is 10.5. The van der Waals surface area contributed by atoms with E-state index in [0.29, 0.717) is 11.5 Å². The summed E-state index contributed by atoms with van der Waals surface area (Å²) in [6.07, 6.45) is 0.184. The molecule has 2 aromatic carbocycles. The summed E-state index contributed by atoms with van der Waals surface area (Å²) >= 11 is 0. The Labute approximate surface area is 135 Å². The monoisotopic (exact) mass is 306 g/mol. The summed E-state index contributed by atoms with van der Waals surface area (Å²) < 4.78 is 5.33. The van der Waals surface area contributed by atoms with Crippen LogP contribution in [-0.4, -0.2) is 11.1 Å². The summed E-state index contributed by atoms with van der Waals surface area (Å²) in [6, 6.07) is 17.5. The summed E-state index contributed by atoms with van der Waals surface area (Å²) in [5.74, 6) is 0.558. The van der Waals surface area contributed by atoms with Gasteiger partial charge in [-0.3, -0.25) is 4.79 Å². The number of carbonyl (C=O) groups excluding carboxylic acids is 1. The average Bonchev–Trinajstić information content (AvgIpc) is 2.96. The summed E-state index contributed by atoms with van der Waals surface area (Å²) in [6.45, 7) is 4.02. The lowest BCUT2D eigenvalue weighted by Gasteiger charge is -2.04. The minimum absolute atomic E-state index is 0.112. The molecule has 0 bridgehead atoms. The molecule has 0 aliphatic carbocycles. The van der Waals surface area contributed by atoms with Gasteiger partial charge in [0.25, 0.3) is 0 Å². The Kier molecular flexibility index (Phi) is 4.24. The predicted octanol–water partition coefficient (Wildman–Crippen LogP) is 4.14. The first-order chi connectivity index (χ1) is 11.1. The number of hydrogen-bond acceptors (Lipinski definition) is 3. The molecular weight excluding hydrogens is 288 g/mol. The number of hydrogen-bond donors (Lipinski definition) is 1. The maximum Gasteiger partial charge on any atom is 0.230 e. The van der Waals surface area contributed by atoms with Crippen LogP contribution in [0.4, 0.5) is 5.69 Å². The molecule has 23 heavy (non-hydrogen) atoms. The highest BCUT2D eigenvalue weighted by atomic mass is 16.5. The van der Waals surface area contributed by atoms with Gasteiger partial charge in [0.05, 0.1) is 12.1 Å². The van der Waals surface area contributed by atoms with Crippen LogP contribution < -0.4 is 5.32 Å². The van der Waals surface area contributed by atoms with Crippen LogP contribution in [0.1, 0.15) is 16.8 Å². The standard InChI is InChI=1S/C19H18N2O2/c1-13-6-8-15(9-7-13)18-11-17(21-23-18)12-19(22)20-16-5-3-4-14(2)10-16/h3-11H,12H2,1-2H3,(H,20,22). The molecule has 0 unspecified atom stereocenters. The van der Waals surface area contributed by atoms with Gasteiger partial charge < -0.3 is 9.84 Å². The van der Waals surface area contributed by atoms with Gasteiger partial charge in [0.2, 0.25) is 5.91 Å². The van der Waals surface area contributed by atoms with Crippen molar-refractivity contribution in [2.24, 2.45) is 0 Å². The zero-order valence-corrected chi connectivity index (χ0v) is 13.2. The van der Waals surface area contributed by atoms with E-state index in [4.69, 9.17) is 4.52 Å². The number of rotatable bonds is 4. The van der Waals surface area contributed by atoms with Crippen LogP contribution in [0.3, 0.4) is 0 Å².